The lowest BCUT2D eigenvalue weighted by molar-refractivity contribution is 0.0667. The molecule has 1 fully saturated rings. The Morgan fingerprint density at radius 2 is 1.85 bits per heavy atom. The van der Waals surface area contributed by atoms with Crippen LogP contribution in [0, 0.1) is 0 Å². The molecule has 0 spiro atoms. The first kappa shape index (κ1) is 22.7. The standard InChI is InChI=1S/C25H25ClN2O5/c1-31-23-15-18(6-9-21(23)33-16-17-4-7-19(26)8-5-17)24(29)27-20-10-12-28(13-11-20)25(30)22-3-2-14-32-22/h2-9,14-15,20H,10-13,16H2,1H3,(H,27,29). The first-order valence-electron chi connectivity index (χ1n) is 10.7. The van der Waals surface area contributed by atoms with E-state index in [0.717, 1.165) is 5.56 Å². The van der Waals surface area contributed by atoms with E-state index in [0.29, 0.717) is 60.4 Å². The summed E-state index contributed by atoms with van der Waals surface area (Å²) >= 11 is 5.92. The molecule has 2 amide bonds. The van der Waals surface area contributed by atoms with Crippen LogP contribution in [0.1, 0.15) is 39.3 Å². The van der Waals surface area contributed by atoms with Crippen molar-refractivity contribution < 1.29 is 23.5 Å². The Hall–Kier alpha value is -3.45. The monoisotopic (exact) mass is 468 g/mol. The number of carbonyl (C=O) groups is 2. The third-order valence-electron chi connectivity index (χ3n) is 5.58. The van der Waals surface area contributed by atoms with Crippen molar-refractivity contribution in [3.05, 3.63) is 82.8 Å². The number of hydrogen-bond acceptors (Lipinski definition) is 5. The molecule has 2 aromatic carbocycles. The molecule has 7 nitrogen and oxygen atoms in total. The van der Waals surface area contributed by atoms with Gasteiger partial charge in [0, 0.05) is 29.7 Å². The van der Waals surface area contributed by atoms with Crippen molar-refractivity contribution in [1.29, 1.82) is 0 Å². The van der Waals surface area contributed by atoms with Crippen LogP contribution in [0.4, 0.5) is 0 Å². The number of carbonyl (C=O) groups excluding carboxylic acids is 2. The highest BCUT2D eigenvalue weighted by Gasteiger charge is 2.26. The van der Waals surface area contributed by atoms with Gasteiger partial charge in [0.05, 0.1) is 13.4 Å². The maximum absolute atomic E-state index is 12.8. The van der Waals surface area contributed by atoms with E-state index in [2.05, 4.69) is 5.32 Å². The van der Waals surface area contributed by atoms with Crippen molar-refractivity contribution >= 4 is 23.4 Å². The van der Waals surface area contributed by atoms with Crippen LogP contribution in [-0.4, -0.2) is 43.0 Å². The zero-order valence-electron chi connectivity index (χ0n) is 18.3. The fraction of sp³-hybridized carbons (Fsp3) is 0.280. The number of likely N-dealkylation sites (tertiary alicyclic amines) is 1. The Morgan fingerprint density at radius 1 is 1.09 bits per heavy atom. The first-order chi connectivity index (χ1) is 16.0. The molecule has 1 saturated heterocycles. The lowest BCUT2D eigenvalue weighted by Gasteiger charge is -2.31. The smallest absolute Gasteiger partial charge is 0.289 e. The first-order valence-corrected chi connectivity index (χ1v) is 11.1. The van der Waals surface area contributed by atoms with Gasteiger partial charge in [-0.2, -0.15) is 0 Å². The van der Waals surface area contributed by atoms with Crippen molar-refractivity contribution in [1.82, 2.24) is 10.2 Å². The summed E-state index contributed by atoms with van der Waals surface area (Å²) in [7, 11) is 1.54. The SMILES string of the molecule is COc1cc(C(=O)NC2CCN(C(=O)c3ccco3)CC2)ccc1OCc1ccc(Cl)cc1. The summed E-state index contributed by atoms with van der Waals surface area (Å²) in [4.78, 5) is 26.9. The topological polar surface area (TPSA) is 81.0 Å². The van der Waals surface area contributed by atoms with E-state index in [1.54, 1.807) is 35.2 Å². The zero-order chi connectivity index (χ0) is 23.2. The molecule has 3 aromatic rings. The van der Waals surface area contributed by atoms with Crippen LogP contribution in [0.3, 0.4) is 0 Å². The summed E-state index contributed by atoms with van der Waals surface area (Å²) in [5.74, 6) is 1.06. The summed E-state index contributed by atoms with van der Waals surface area (Å²) in [5.41, 5.74) is 1.46. The number of ether oxygens (including phenoxy) is 2. The molecule has 0 bridgehead atoms. The second-order valence-corrected chi connectivity index (χ2v) is 8.23. The molecule has 0 saturated carbocycles. The molecule has 4 rings (SSSR count). The Labute approximate surface area is 197 Å². The van der Waals surface area contributed by atoms with Crippen LogP contribution in [0.2, 0.25) is 5.02 Å². The van der Waals surface area contributed by atoms with Gasteiger partial charge < -0.3 is 24.1 Å². The molecule has 172 valence electrons. The van der Waals surface area contributed by atoms with Gasteiger partial charge in [-0.3, -0.25) is 9.59 Å². The number of nitrogens with zero attached hydrogens (tertiary/aromatic N) is 1. The minimum atomic E-state index is -0.187. The fourth-order valence-corrected chi connectivity index (χ4v) is 3.85. The molecule has 0 aliphatic carbocycles. The molecule has 1 aliphatic heterocycles. The zero-order valence-corrected chi connectivity index (χ0v) is 19.0. The average molecular weight is 469 g/mol. The second kappa shape index (κ2) is 10.4. The summed E-state index contributed by atoms with van der Waals surface area (Å²) in [5, 5.41) is 3.72. The number of piperidine rings is 1. The number of hydrogen-bond donors (Lipinski definition) is 1. The number of methoxy groups -OCH3 is 1. The van der Waals surface area contributed by atoms with Gasteiger partial charge in [0.1, 0.15) is 6.61 Å². The average Bonchev–Trinajstić information content (AvgIpc) is 3.39. The number of nitrogens with one attached hydrogen (secondary N) is 1. The highest BCUT2D eigenvalue weighted by Crippen LogP contribution is 2.29. The normalized spacial score (nSPS) is 14.1. The van der Waals surface area contributed by atoms with Crippen LogP contribution < -0.4 is 14.8 Å². The number of benzene rings is 2. The minimum Gasteiger partial charge on any atom is -0.493 e. The Bertz CT molecular complexity index is 1090. The fourth-order valence-electron chi connectivity index (χ4n) is 3.72. The predicted octanol–water partition coefficient (Wildman–Crippen LogP) is 4.56. The second-order valence-electron chi connectivity index (χ2n) is 7.80. The molecule has 0 atom stereocenters. The molecule has 0 radical (unpaired) electrons. The van der Waals surface area contributed by atoms with E-state index >= 15 is 0 Å². The summed E-state index contributed by atoms with van der Waals surface area (Å²) in [6, 6.07) is 15.9. The lowest BCUT2D eigenvalue weighted by Crippen LogP contribution is -2.46. The quantitative estimate of drug-likeness (QED) is 0.550. The van der Waals surface area contributed by atoms with Gasteiger partial charge >= 0.3 is 0 Å². The number of furan rings is 1. The Morgan fingerprint density at radius 3 is 2.52 bits per heavy atom. The Balaban J connectivity index is 1.31. The van der Waals surface area contributed by atoms with Gasteiger partial charge in [0.15, 0.2) is 17.3 Å². The molecule has 1 aliphatic rings. The highest BCUT2D eigenvalue weighted by molar-refractivity contribution is 6.30. The molecule has 1 N–H and O–H groups in total. The van der Waals surface area contributed by atoms with Crippen LogP contribution in [0.5, 0.6) is 11.5 Å². The third-order valence-corrected chi connectivity index (χ3v) is 5.83. The Kier molecular flexibility index (Phi) is 7.19. The van der Waals surface area contributed by atoms with Crippen LogP contribution in [0.15, 0.2) is 65.3 Å². The molecule has 1 aromatic heterocycles. The van der Waals surface area contributed by atoms with E-state index < -0.39 is 0 Å². The third kappa shape index (κ3) is 5.68. The molecular weight excluding hydrogens is 444 g/mol. The van der Waals surface area contributed by atoms with Crippen molar-refractivity contribution in [3.8, 4) is 11.5 Å². The number of halogens is 1. The van der Waals surface area contributed by atoms with Crippen molar-refractivity contribution in [2.75, 3.05) is 20.2 Å². The highest BCUT2D eigenvalue weighted by atomic mass is 35.5. The maximum atomic E-state index is 12.8. The van der Waals surface area contributed by atoms with Crippen LogP contribution in [0.25, 0.3) is 0 Å². The van der Waals surface area contributed by atoms with Crippen molar-refractivity contribution in [2.45, 2.75) is 25.5 Å². The molecule has 2 heterocycles. The number of amides is 2. The number of rotatable bonds is 7. The van der Waals surface area contributed by atoms with Gasteiger partial charge in [-0.25, -0.2) is 0 Å². The summed E-state index contributed by atoms with van der Waals surface area (Å²) in [6.45, 7) is 1.48. The molecule has 0 unspecified atom stereocenters. The predicted molar refractivity (Wildman–Crippen MR) is 124 cm³/mol. The van der Waals surface area contributed by atoms with E-state index in [-0.39, 0.29) is 17.9 Å². The molecule has 33 heavy (non-hydrogen) atoms. The van der Waals surface area contributed by atoms with Gasteiger partial charge in [0.2, 0.25) is 0 Å². The van der Waals surface area contributed by atoms with E-state index in [1.165, 1.54) is 13.4 Å². The van der Waals surface area contributed by atoms with E-state index in [4.69, 9.17) is 25.5 Å². The van der Waals surface area contributed by atoms with Gasteiger partial charge in [-0.1, -0.05) is 23.7 Å². The molecule has 8 heteroatoms. The van der Waals surface area contributed by atoms with Crippen LogP contribution >= 0.6 is 11.6 Å². The van der Waals surface area contributed by atoms with Gasteiger partial charge in [-0.05, 0) is 60.9 Å². The van der Waals surface area contributed by atoms with Crippen molar-refractivity contribution in [3.63, 3.8) is 0 Å². The lowest BCUT2D eigenvalue weighted by atomic mass is 10.0. The summed E-state index contributed by atoms with van der Waals surface area (Å²) < 4.78 is 16.5. The largest absolute Gasteiger partial charge is 0.493 e. The van der Waals surface area contributed by atoms with E-state index in [1.807, 2.05) is 24.3 Å². The van der Waals surface area contributed by atoms with Gasteiger partial charge in [0.25, 0.3) is 11.8 Å². The van der Waals surface area contributed by atoms with Gasteiger partial charge in [-0.15, -0.1) is 0 Å². The minimum absolute atomic E-state index is 0.00928. The van der Waals surface area contributed by atoms with Crippen LogP contribution in [-0.2, 0) is 6.61 Å². The maximum Gasteiger partial charge on any atom is 0.289 e. The van der Waals surface area contributed by atoms with E-state index in [9.17, 15) is 9.59 Å². The summed E-state index contributed by atoms with van der Waals surface area (Å²) in [6.07, 6.45) is 2.84. The van der Waals surface area contributed by atoms with Crippen molar-refractivity contribution in [2.24, 2.45) is 0 Å². The molecular formula is C25H25ClN2O5.